The van der Waals surface area contributed by atoms with Crippen LogP contribution in [-0.4, -0.2) is 15.5 Å². The average Bonchev–Trinajstić information content (AvgIpc) is 3.23. The lowest BCUT2D eigenvalue weighted by Gasteiger charge is -2.20. The Labute approximate surface area is 142 Å². The minimum atomic E-state index is -0.360. The summed E-state index contributed by atoms with van der Waals surface area (Å²) in [7, 11) is 1.89. The summed E-state index contributed by atoms with van der Waals surface area (Å²) in [4.78, 5) is 16.8. The molecule has 1 aliphatic carbocycles. The van der Waals surface area contributed by atoms with Crippen LogP contribution in [0.15, 0.2) is 36.7 Å². The Morgan fingerprint density at radius 2 is 2.04 bits per heavy atom. The zero-order valence-electron chi connectivity index (χ0n) is 14.0. The zero-order chi connectivity index (χ0) is 16.9. The minimum Gasteiger partial charge on any atom is -0.342 e. The number of aromatic nitrogens is 2. The van der Waals surface area contributed by atoms with Crippen LogP contribution in [0.5, 0.6) is 0 Å². The van der Waals surface area contributed by atoms with Gasteiger partial charge in [-0.15, -0.1) is 0 Å². The quantitative estimate of drug-likeness (QED) is 0.877. The first kappa shape index (κ1) is 16.7. The number of hydrogen-bond donors (Lipinski definition) is 1. The van der Waals surface area contributed by atoms with Crippen LogP contribution in [0.2, 0.25) is 0 Å². The van der Waals surface area contributed by atoms with Crippen LogP contribution in [0.25, 0.3) is 0 Å². The van der Waals surface area contributed by atoms with E-state index in [2.05, 4.69) is 10.3 Å². The van der Waals surface area contributed by atoms with Crippen molar-refractivity contribution in [3.05, 3.63) is 53.9 Å². The van der Waals surface area contributed by atoms with Crippen molar-refractivity contribution in [1.82, 2.24) is 14.9 Å². The van der Waals surface area contributed by atoms with Crippen molar-refractivity contribution in [1.29, 1.82) is 0 Å². The monoisotopic (exact) mass is 329 g/mol. The van der Waals surface area contributed by atoms with Gasteiger partial charge < -0.3 is 9.88 Å². The Morgan fingerprint density at radius 1 is 1.33 bits per heavy atom. The fraction of sp³-hybridized carbons (Fsp3) is 0.474. The van der Waals surface area contributed by atoms with E-state index in [1.807, 2.05) is 17.8 Å². The number of halogens is 1. The van der Waals surface area contributed by atoms with Crippen molar-refractivity contribution in [2.24, 2.45) is 13.0 Å². The summed E-state index contributed by atoms with van der Waals surface area (Å²) in [6, 6.07) is 5.87. The van der Waals surface area contributed by atoms with Gasteiger partial charge >= 0.3 is 0 Å². The Balaban J connectivity index is 1.71. The lowest BCUT2D eigenvalue weighted by Crippen LogP contribution is -2.31. The van der Waals surface area contributed by atoms with Crippen molar-refractivity contribution >= 4 is 5.91 Å². The fourth-order valence-electron chi connectivity index (χ4n) is 3.47. The lowest BCUT2D eigenvalue weighted by molar-refractivity contribution is -0.121. The van der Waals surface area contributed by atoms with Gasteiger partial charge in [0.25, 0.3) is 0 Å². The number of benzene rings is 1. The summed E-state index contributed by atoms with van der Waals surface area (Å²) >= 11 is 0. The van der Waals surface area contributed by atoms with E-state index in [0.29, 0.717) is 12.3 Å². The molecule has 0 saturated heterocycles. The molecule has 1 heterocycles. The fourth-order valence-corrected chi connectivity index (χ4v) is 3.47. The average molecular weight is 329 g/mol. The van der Waals surface area contributed by atoms with Gasteiger partial charge in [0.15, 0.2) is 0 Å². The van der Waals surface area contributed by atoms with E-state index in [4.69, 9.17) is 0 Å². The van der Waals surface area contributed by atoms with E-state index in [9.17, 15) is 9.18 Å². The Bertz CT molecular complexity index is 674. The highest BCUT2D eigenvalue weighted by molar-refractivity contribution is 5.76. The van der Waals surface area contributed by atoms with Gasteiger partial charge in [-0.25, -0.2) is 9.37 Å². The van der Waals surface area contributed by atoms with Crippen molar-refractivity contribution in [2.45, 2.75) is 44.6 Å². The third kappa shape index (κ3) is 4.02. The van der Waals surface area contributed by atoms with Crippen LogP contribution >= 0.6 is 0 Å². The molecule has 1 N–H and O–H groups in total. The predicted molar refractivity (Wildman–Crippen MR) is 90.8 cm³/mol. The van der Waals surface area contributed by atoms with Gasteiger partial charge in [-0.05, 0) is 30.0 Å². The van der Waals surface area contributed by atoms with Gasteiger partial charge in [0.05, 0.1) is 0 Å². The highest BCUT2D eigenvalue weighted by Gasteiger charge is 2.22. The zero-order valence-corrected chi connectivity index (χ0v) is 14.0. The first-order valence-electron chi connectivity index (χ1n) is 8.65. The topological polar surface area (TPSA) is 46.9 Å². The molecule has 24 heavy (non-hydrogen) atoms. The number of hydrogen-bond acceptors (Lipinski definition) is 2. The second-order valence-corrected chi connectivity index (χ2v) is 6.64. The molecular formula is C19H24FN3O. The molecule has 5 heteroatoms. The van der Waals surface area contributed by atoms with E-state index in [1.54, 1.807) is 18.3 Å². The molecule has 0 radical (unpaired) electrons. The molecule has 0 bridgehead atoms. The third-order valence-electron chi connectivity index (χ3n) is 4.88. The van der Waals surface area contributed by atoms with Gasteiger partial charge in [0.2, 0.25) is 5.91 Å². The number of nitrogens with one attached hydrogen (secondary N) is 1. The number of rotatable bonds is 6. The smallest absolute Gasteiger partial charge is 0.220 e. The molecule has 0 spiro atoms. The molecule has 1 amide bonds. The standard InChI is InChI=1S/C19H24FN3O/c1-23-13-12-21-19(23)18(15-7-9-16(20)10-8-15)22-17(24)11-6-14-4-2-3-5-14/h7-10,12-14,18H,2-6,11H2,1H3,(H,22,24)/t18-/m1/s1. The molecule has 3 rings (SSSR count). The number of aryl methyl sites for hydroxylation is 1. The number of carbonyl (C=O) groups excluding carboxylic acids is 1. The third-order valence-corrected chi connectivity index (χ3v) is 4.88. The second-order valence-electron chi connectivity index (χ2n) is 6.64. The van der Waals surface area contributed by atoms with E-state index in [1.165, 1.54) is 37.8 Å². The number of amides is 1. The molecule has 2 aromatic rings. The van der Waals surface area contributed by atoms with Gasteiger partial charge in [-0.2, -0.15) is 0 Å². The Morgan fingerprint density at radius 3 is 2.67 bits per heavy atom. The van der Waals surface area contributed by atoms with Crippen LogP contribution in [0.3, 0.4) is 0 Å². The first-order valence-corrected chi connectivity index (χ1v) is 8.65. The van der Waals surface area contributed by atoms with Crippen molar-refractivity contribution < 1.29 is 9.18 Å². The molecule has 1 aromatic carbocycles. The van der Waals surface area contributed by atoms with Crippen molar-refractivity contribution in [3.63, 3.8) is 0 Å². The maximum atomic E-state index is 13.2. The predicted octanol–water partition coefficient (Wildman–Crippen LogP) is 3.74. The molecule has 4 nitrogen and oxygen atoms in total. The van der Waals surface area contributed by atoms with Gasteiger partial charge in [-0.3, -0.25) is 4.79 Å². The second kappa shape index (κ2) is 7.60. The van der Waals surface area contributed by atoms with Crippen LogP contribution in [0.4, 0.5) is 4.39 Å². The van der Waals surface area contributed by atoms with Crippen LogP contribution < -0.4 is 5.32 Å². The van der Waals surface area contributed by atoms with Crippen molar-refractivity contribution in [3.8, 4) is 0 Å². The molecule has 1 atom stereocenters. The minimum absolute atomic E-state index is 0.0271. The SMILES string of the molecule is Cn1ccnc1[C@H](NC(=O)CCC1CCCC1)c1ccc(F)cc1. The van der Waals surface area contributed by atoms with Crippen LogP contribution in [-0.2, 0) is 11.8 Å². The first-order chi connectivity index (χ1) is 11.6. The van der Waals surface area contributed by atoms with E-state index in [-0.39, 0.29) is 17.8 Å². The number of nitrogens with zero attached hydrogens (tertiary/aromatic N) is 2. The normalized spacial score (nSPS) is 16.2. The molecule has 0 aliphatic heterocycles. The Hall–Kier alpha value is -2.17. The molecule has 0 unspecified atom stereocenters. The summed E-state index contributed by atoms with van der Waals surface area (Å²) in [5.74, 6) is 1.17. The van der Waals surface area contributed by atoms with Crippen LogP contribution in [0.1, 0.15) is 56.0 Å². The van der Waals surface area contributed by atoms with E-state index in [0.717, 1.165) is 17.8 Å². The largest absolute Gasteiger partial charge is 0.342 e. The summed E-state index contributed by atoms with van der Waals surface area (Å²) in [5.41, 5.74) is 0.833. The summed E-state index contributed by atoms with van der Waals surface area (Å²) in [5, 5.41) is 3.08. The maximum absolute atomic E-state index is 13.2. The lowest BCUT2D eigenvalue weighted by atomic mass is 10.0. The van der Waals surface area contributed by atoms with Gasteiger partial charge in [0.1, 0.15) is 17.7 Å². The molecule has 1 fully saturated rings. The van der Waals surface area contributed by atoms with E-state index < -0.39 is 0 Å². The molecule has 1 saturated carbocycles. The molecule has 128 valence electrons. The van der Waals surface area contributed by atoms with Crippen LogP contribution in [0, 0.1) is 11.7 Å². The highest BCUT2D eigenvalue weighted by Crippen LogP contribution is 2.28. The summed E-state index contributed by atoms with van der Waals surface area (Å²) in [6.45, 7) is 0. The molecule has 1 aromatic heterocycles. The molecular weight excluding hydrogens is 305 g/mol. The van der Waals surface area contributed by atoms with Crippen molar-refractivity contribution in [2.75, 3.05) is 0 Å². The Kier molecular flexibility index (Phi) is 5.28. The number of carbonyl (C=O) groups is 1. The van der Waals surface area contributed by atoms with E-state index >= 15 is 0 Å². The molecule has 1 aliphatic rings. The summed E-state index contributed by atoms with van der Waals surface area (Å²) in [6.07, 6.45) is 10.1. The van der Waals surface area contributed by atoms with Gasteiger partial charge in [0, 0.05) is 25.9 Å². The maximum Gasteiger partial charge on any atom is 0.220 e. The summed E-state index contributed by atoms with van der Waals surface area (Å²) < 4.78 is 15.1. The number of imidazole rings is 1. The highest BCUT2D eigenvalue weighted by atomic mass is 19.1. The van der Waals surface area contributed by atoms with Gasteiger partial charge in [-0.1, -0.05) is 37.8 Å².